The summed E-state index contributed by atoms with van der Waals surface area (Å²) in [6.07, 6.45) is 36.7. The number of aliphatic hydroxyl groups is 11. The average molecular weight is 1280 g/mol. The van der Waals surface area contributed by atoms with Crippen molar-refractivity contribution in [2.24, 2.45) is 0 Å². The third kappa shape index (κ3) is 34.4. The van der Waals surface area contributed by atoms with Gasteiger partial charge < -0.3 is 89.9 Å². The summed E-state index contributed by atoms with van der Waals surface area (Å²) in [7, 11) is 0. The number of allylic oxidation sites excluding steroid dienone is 7. The van der Waals surface area contributed by atoms with E-state index in [1.165, 1.54) is 154 Å². The number of carbonyl (C=O) groups excluding carboxylic acids is 1. The molecule has 0 aromatic carbocycles. The molecule has 0 saturated carbocycles. The molecule has 3 rings (SSSR count). The highest BCUT2D eigenvalue weighted by Gasteiger charge is 2.53. The zero-order valence-electron chi connectivity index (χ0n) is 55.6. The summed E-state index contributed by atoms with van der Waals surface area (Å²) in [6.45, 7) is 1.71. The van der Waals surface area contributed by atoms with Gasteiger partial charge in [0.1, 0.15) is 73.2 Å². The summed E-state index contributed by atoms with van der Waals surface area (Å²) in [5.74, 6) is -0.292. The van der Waals surface area contributed by atoms with E-state index in [4.69, 9.17) is 28.4 Å². The Morgan fingerprint density at radius 2 is 0.744 bits per heavy atom. The third-order valence-corrected chi connectivity index (χ3v) is 17.8. The molecule has 526 valence electrons. The molecular formula is C71H129NO18. The van der Waals surface area contributed by atoms with Gasteiger partial charge in [0.05, 0.1) is 38.6 Å². The largest absolute Gasteiger partial charge is 0.394 e. The third-order valence-electron chi connectivity index (χ3n) is 17.8. The second-order valence-corrected chi connectivity index (χ2v) is 25.7. The van der Waals surface area contributed by atoms with Crippen molar-refractivity contribution < 1.29 is 89.4 Å². The molecule has 12 N–H and O–H groups in total. The number of nitrogens with one attached hydrogen (secondary N) is 1. The highest BCUT2D eigenvalue weighted by atomic mass is 16.8. The number of unbranched alkanes of at least 4 members (excludes halogenated alkanes) is 33. The standard InChI is InChI=1S/C71H129NO18/c1-3-5-7-9-11-13-15-17-19-21-23-24-25-26-27-28-29-30-31-32-34-36-38-40-42-44-46-48-55(76)54(72-59(77)49-47-45-43-41-39-37-35-33-22-20-18-16-14-12-10-8-6-4-2)53-85-69-65(83)62(80)67(57(51-74)87-69)90-71-66(84)63(81)68(58(52-75)88-71)89-70-64(82)61(79)60(78)56(50-73)86-70/h14,16,20,22,38,40,46,48,54-58,60-71,73-76,78-84H,3-13,15,17-19,21,23-37,39,41-45,47,49-53H2,1-2H3,(H,72,77)/b16-14-,22-20-,40-38+,48-46+. The van der Waals surface area contributed by atoms with Crippen molar-refractivity contribution in [1.29, 1.82) is 0 Å². The van der Waals surface area contributed by atoms with Crippen LogP contribution in [-0.2, 0) is 33.2 Å². The summed E-state index contributed by atoms with van der Waals surface area (Å²) >= 11 is 0. The first-order valence-electron chi connectivity index (χ1n) is 35.9. The number of hydrogen-bond acceptors (Lipinski definition) is 18. The Bertz CT molecular complexity index is 1820. The van der Waals surface area contributed by atoms with E-state index in [0.717, 1.165) is 77.0 Å². The van der Waals surface area contributed by atoms with Crippen molar-refractivity contribution in [1.82, 2.24) is 5.32 Å². The lowest BCUT2D eigenvalue weighted by atomic mass is 9.96. The van der Waals surface area contributed by atoms with Crippen LogP contribution in [0.25, 0.3) is 0 Å². The Labute approximate surface area is 542 Å². The smallest absolute Gasteiger partial charge is 0.220 e. The molecule has 3 heterocycles. The molecule has 3 aliphatic rings. The predicted molar refractivity (Wildman–Crippen MR) is 351 cm³/mol. The number of rotatable bonds is 55. The molecule has 1 amide bonds. The van der Waals surface area contributed by atoms with Gasteiger partial charge in [0.15, 0.2) is 18.9 Å². The number of hydrogen-bond donors (Lipinski definition) is 12. The SMILES string of the molecule is CCCCCC/C=C\C/C=C\CCCCCCCCCC(=O)NC(COC1OC(CO)C(OC2OC(CO)C(OC3OC(CO)C(O)C(O)C3O)C(O)C2O)C(O)C1O)C(O)/C=C/CC/C=C/CCCCCCCCCCCCCCCCCCCCCCC. The molecule has 3 fully saturated rings. The van der Waals surface area contributed by atoms with Crippen LogP contribution in [0.3, 0.4) is 0 Å². The summed E-state index contributed by atoms with van der Waals surface area (Å²) in [5, 5.41) is 121. The van der Waals surface area contributed by atoms with Gasteiger partial charge in [0.25, 0.3) is 0 Å². The van der Waals surface area contributed by atoms with Crippen LogP contribution in [0.1, 0.15) is 264 Å². The zero-order chi connectivity index (χ0) is 65.4. The first-order valence-corrected chi connectivity index (χ1v) is 35.9. The van der Waals surface area contributed by atoms with E-state index >= 15 is 0 Å². The first-order chi connectivity index (χ1) is 43.8. The summed E-state index contributed by atoms with van der Waals surface area (Å²) < 4.78 is 34.3. The molecule has 19 nitrogen and oxygen atoms in total. The fraction of sp³-hybridized carbons (Fsp3) is 0.873. The summed E-state index contributed by atoms with van der Waals surface area (Å²) in [5.41, 5.74) is 0. The van der Waals surface area contributed by atoms with E-state index in [1.807, 2.05) is 6.08 Å². The molecule has 0 bridgehead atoms. The van der Waals surface area contributed by atoms with Gasteiger partial charge >= 0.3 is 0 Å². The Morgan fingerprint density at radius 3 is 1.19 bits per heavy atom. The molecule has 90 heavy (non-hydrogen) atoms. The van der Waals surface area contributed by atoms with Crippen molar-refractivity contribution in [3.8, 4) is 0 Å². The van der Waals surface area contributed by atoms with Crippen LogP contribution in [-0.4, -0.2) is 193 Å². The summed E-state index contributed by atoms with van der Waals surface area (Å²) in [6, 6.07) is -0.996. The van der Waals surface area contributed by atoms with Gasteiger partial charge in [-0.1, -0.05) is 242 Å². The maximum atomic E-state index is 13.4. The molecule has 3 aliphatic heterocycles. The molecule has 0 aromatic rings. The van der Waals surface area contributed by atoms with Crippen molar-refractivity contribution in [3.05, 3.63) is 48.6 Å². The normalized spacial score (nSPS) is 28.3. The van der Waals surface area contributed by atoms with Gasteiger partial charge in [0, 0.05) is 6.42 Å². The van der Waals surface area contributed by atoms with Gasteiger partial charge in [-0.05, 0) is 64.2 Å². The molecule has 0 spiro atoms. The van der Waals surface area contributed by atoms with Crippen LogP contribution in [0.2, 0.25) is 0 Å². The van der Waals surface area contributed by atoms with Crippen molar-refractivity contribution >= 4 is 5.91 Å². The maximum absolute atomic E-state index is 13.4. The second-order valence-electron chi connectivity index (χ2n) is 25.7. The lowest BCUT2D eigenvalue weighted by molar-refractivity contribution is -0.379. The van der Waals surface area contributed by atoms with E-state index in [1.54, 1.807) is 6.08 Å². The molecule has 0 aliphatic carbocycles. The van der Waals surface area contributed by atoms with Crippen molar-refractivity contribution in [3.63, 3.8) is 0 Å². The highest BCUT2D eigenvalue weighted by Crippen LogP contribution is 2.33. The van der Waals surface area contributed by atoms with Gasteiger partial charge in [-0.25, -0.2) is 0 Å². The van der Waals surface area contributed by atoms with E-state index in [2.05, 4.69) is 55.6 Å². The Hall–Kier alpha value is -2.25. The molecule has 17 atom stereocenters. The average Bonchev–Trinajstić information content (AvgIpc) is 0.847. The van der Waals surface area contributed by atoms with E-state index in [-0.39, 0.29) is 18.9 Å². The van der Waals surface area contributed by atoms with E-state index in [0.29, 0.717) is 12.8 Å². The Morgan fingerprint density at radius 1 is 0.400 bits per heavy atom. The zero-order valence-corrected chi connectivity index (χ0v) is 55.6. The quantitative estimate of drug-likeness (QED) is 0.0199. The monoisotopic (exact) mass is 1280 g/mol. The fourth-order valence-electron chi connectivity index (χ4n) is 12.0. The van der Waals surface area contributed by atoms with Crippen LogP contribution < -0.4 is 5.32 Å². The van der Waals surface area contributed by atoms with Crippen LogP contribution in [0.15, 0.2) is 48.6 Å². The number of ether oxygens (including phenoxy) is 6. The van der Waals surface area contributed by atoms with Gasteiger partial charge in [0.2, 0.25) is 5.91 Å². The van der Waals surface area contributed by atoms with Gasteiger partial charge in [-0.3, -0.25) is 4.79 Å². The molecule has 3 saturated heterocycles. The minimum Gasteiger partial charge on any atom is -0.394 e. The minimum absolute atomic E-state index is 0.226. The second kappa shape index (κ2) is 53.0. The highest BCUT2D eigenvalue weighted by molar-refractivity contribution is 5.76. The van der Waals surface area contributed by atoms with E-state index < -0.39 is 124 Å². The molecule has 0 radical (unpaired) electrons. The Kier molecular flexibility index (Phi) is 48.2. The van der Waals surface area contributed by atoms with Gasteiger partial charge in [-0.15, -0.1) is 0 Å². The lowest BCUT2D eigenvalue weighted by Crippen LogP contribution is -2.66. The van der Waals surface area contributed by atoms with Crippen molar-refractivity contribution in [2.75, 3.05) is 26.4 Å². The molecular weight excluding hydrogens is 1150 g/mol. The maximum Gasteiger partial charge on any atom is 0.220 e. The van der Waals surface area contributed by atoms with Crippen LogP contribution in [0.4, 0.5) is 0 Å². The number of amides is 1. The molecule has 19 heteroatoms. The molecule has 17 unspecified atom stereocenters. The lowest BCUT2D eigenvalue weighted by Gasteiger charge is -2.48. The number of aliphatic hydroxyl groups excluding tert-OH is 11. The summed E-state index contributed by atoms with van der Waals surface area (Å²) in [4.78, 5) is 13.4. The predicted octanol–water partition coefficient (Wildman–Crippen LogP) is 9.78. The molecule has 0 aromatic heterocycles. The number of carbonyl (C=O) groups is 1. The van der Waals surface area contributed by atoms with E-state index in [9.17, 15) is 61.0 Å². The van der Waals surface area contributed by atoms with Gasteiger partial charge in [-0.2, -0.15) is 0 Å². The van der Waals surface area contributed by atoms with Crippen molar-refractivity contribution in [2.45, 2.75) is 369 Å². The topological polar surface area (TPSA) is 307 Å². The van der Waals surface area contributed by atoms with Crippen LogP contribution in [0, 0.1) is 0 Å². The van der Waals surface area contributed by atoms with Crippen LogP contribution in [0.5, 0.6) is 0 Å². The fourth-order valence-corrected chi connectivity index (χ4v) is 12.0. The van der Waals surface area contributed by atoms with Crippen LogP contribution >= 0.6 is 0 Å². The minimum atomic E-state index is -1.98. The Balaban J connectivity index is 1.44. The first kappa shape index (κ1) is 82.0.